The number of hydrogen-bond acceptors (Lipinski definition) is 4. The van der Waals surface area contributed by atoms with E-state index in [0.29, 0.717) is 16.9 Å². The quantitative estimate of drug-likeness (QED) is 0.581. The fourth-order valence-electron chi connectivity index (χ4n) is 1.79. The molecule has 110 valence electrons. The molecule has 0 spiro atoms. The van der Waals surface area contributed by atoms with Crippen LogP contribution in [0.2, 0.25) is 0 Å². The summed E-state index contributed by atoms with van der Waals surface area (Å²) in [5, 5.41) is 12.2. The molecule has 0 fully saturated rings. The van der Waals surface area contributed by atoms with Crippen molar-refractivity contribution in [2.75, 3.05) is 16.8 Å². The van der Waals surface area contributed by atoms with Crippen LogP contribution >= 0.6 is 11.8 Å². The summed E-state index contributed by atoms with van der Waals surface area (Å²) in [5.41, 5.74) is 7.40. The number of nitrogens with one attached hydrogen (secondary N) is 1. The van der Waals surface area contributed by atoms with Gasteiger partial charge in [-0.25, -0.2) is 0 Å². The molecule has 0 saturated heterocycles. The Hall–Kier alpha value is -2.14. The smallest absolute Gasteiger partial charge is 0.255 e. The average molecular weight is 302 g/mol. The topological polar surface area (TPSA) is 75.3 Å². The third kappa shape index (κ3) is 4.16. The number of nitrogen functional groups attached to an aromatic ring is 1. The van der Waals surface area contributed by atoms with Gasteiger partial charge in [-0.1, -0.05) is 13.0 Å². The van der Waals surface area contributed by atoms with Gasteiger partial charge in [-0.15, -0.1) is 11.8 Å². The minimum atomic E-state index is -0.296. The number of amides is 1. The van der Waals surface area contributed by atoms with Crippen molar-refractivity contribution in [1.29, 1.82) is 0 Å². The molecule has 0 radical (unpaired) electrons. The van der Waals surface area contributed by atoms with Crippen molar-refractivity contribution < 1.29 is 9.90 Å². The number of anilines is 2. The number of aromatic hydroxyl groups is 1. The van der Waals surface area contributed by atoms with Crippen LogP contribution in [0, 0.1) is 0 Å². The van der Waals surface area contributed by atoms with Crippen LogP contribution in [-0.2, 0) is 0 Å². The van der Waals surface area contributed by atoms with Crippen molar-refractivity contribution in [2.24, 2.45) is 0 Å². The summed E-state index contributed by atoms with van der Waals surface area (Å²) in [6, 6.07) is 11.8. The van der Waals surface area contributed by atoms with Crippen LogP contribution in [0.1, 0.15) is 23.7 Å². The molecule has 4 N–H and O–H groups in total. The molecule has 0 atom stereocenters. The van der Waals surface area contributed by atoms with E-state index in [9.17, 15) is 9.90 Å². The number of phenols is 1. The first-order valence-corrected chi connectivity index (χ1v) is 7.71. The molecule has 0 aliphatic carbocycles. The van der Waals surface area contributed by atoms with Crippen molar-refractivity contribution in [3.05, 3.63) is 48.0 Å². The van der Waals surface area contributed by atoms with Crippen LogP contribution in [0.15, 0.2) is 47.4 Å². The maximum absolute atomic E-state index is 12.2. The van der Waals surface area contributed by atoms with Gasteiger partial charge in [0.1, 0.15) is 5.75 Å². The average Bonchev–Trinajstić information content (AvgIpc) is 2.48. The minimum Gasteiger partial charge on any atom is -0.508 e. The van der Waals surface area contributed by atoms with E-state index in [1.165, 1.54) is 12.1 Å². The monoisotopic (exact) mass is 302 g/mol. The predicted molar refractivity (Wildman–Crippen MR) is 87.9 cm³/mol. The van der Waals surface area contributed by atoms with Crippen LogP contribution in [0.4, 0.5) is 11.4 Å². The largest absolute Gasteiger partial charge is 0.508 e. The third-order valence-electron chi connectivity index (χ3n) is 2.85. The molecule has 0 saturated carbocycles. The third-order valence-corrected chi connectivity index (χ3v) is 4.05. The Morgan fingerprint density at radius 1 is 1.29 bits per heavy atom. The minimum absolute atomic E-state index is 0.0582. The van der Waals surface area contributed by atoms with E-state index in [0.717, 1.165) is 17.1 Å². The van der Waals surface area contributed by atoms with Crippen LogP contribution in [0.5, 0.6) is 5.75 Å². The molecule has 0 heterocycles. The van der Waals surface area contributed by atoms with Gasteiger partial charge in [0.05, 0.1) is 11.4 Å². The van der Waals surface area contributed by atoms with Gasteiger partial charge in [0.25, 0.3) is 5.91 Å². The molecule has 0 bridgehead atoms. The lowest BCUT2D eigenvalue weighted by Crippen LogP contribution is -2.13. The van der Waals surface area contributed by atoms with E-state index < -0.39 is 0 Å². The predicted octanol–water partition coefficient (Wildman–Crippen LogP) is 3.73. The molecular formula is C16H18N2O2S. The molecule has 2 rings (SSSR count). The second-order valence-electron chi connectivity index (χ2n) is 4.60. The maximum Gasteiger partial charge on any atom is 0.255 e. The highest BCUT2D eigenvalue weighted by Gasteiger charge is 2.09. The molecule has 0 aromatic heterocycles. The van der Waals surface area contributed by atoms with Crippen LogP contribution < -0.4 is 11.1 Å². The highest BCUT2D eigenvalue weighted by atomic mass is 32.2. The van der Waals surface area contributed by atoms with Gasteiger partial charge in [-0.2, -0.15) is 0 Å². The van der Waals surface area contributed by atoms with Gasteiger partial charge in [-0.05, 0) is 48.6 Å². The van der Waals surface area contributed by atoms with Crippen molar-refractivity contribution in [3.8, 4) is 5.75 Å². The first kappa shape index (κ1) is 15.3. The van der Waals surface area contributed by atoms with Crippen molar-refractivity contribution >= 4 is 29.0 Å². The van der Waals surface area contributed by atoms with E-state index in [2.05, 4.69) is 12.2 Å². The highest BCUT2D eigenvalue weighted by Crippen LogP contribution is 2.27. The van der Waals surface area contributed by atoms with Gasteiger partial charge in [0, 0.05) is 10.5 Å². The zero-order valence-electron chi connectivity index (χ0n) is 11.8. The Kier molecular flexibility index (Phi) is 5.11. The summed E-state index contributed by atoms with van der Waals surface area (Å²) in [6.45, 7) is 2.12. The Labute approximate surface area is 128 Å². The van der Waals surface area contributed by atoms with Crippen LogP contribution in [0.3, 0.4) is 0 Å². The van der Waals surface area contributed by atoms with E-state index in [4.69, 9.17) is 5.73 Å². The lowest BCUT2D eigenvalue weighted by molar-refractivity contribution is 0.102. The number of carbonyl (C=O) groups excluding carboxylic acids is 1. The SMILES string of the molecule is CCCSc1ccc(N)c(NC(=O)c2cccc(O)c2)c1. The first-order valence-electron chi connectivity index (χ1n) is 6.73. The zero-order chi connectivity index (χ0) is 15.2. The molecule has 0 aliphatic heterocycles. The number of thioether (sulfide) groups is 1. The van der Waals surface area contributed by atoms with Gasteiger partial charge in [0.15, 0.2) is 0 Å². The number of carbonyl (C=O) groups is 1. The van der Waals surface area contributed by atoms with Crippen molar-refractivity contribution in [1.82, 2.24) is 0 Å². The maximum atomic E-state index is 12.2. The molecule has 1 amide bonds. The molecule has 2 aromatic carbocycles. The number of benzene rings is 2. The normalized spacial score (nSPS) is 10.3. The first-order chi connectivity index (χ1) is 10.1. The number of nitrogens with two attached hydrogens (primary N) is 1. The summed E-state index contributed by atoms with van der Waals surface area (Å²) in [6.07, 6.45) is 1.08. The molecule has 2 aromatic rings. The molecule has 0 unspecified atom stereocenters. The molecule has 21 heavy (non-hydrogen) atoms. The van der Waals surface area contributed by atoms with Crippen LogP contribution in [0.25, 0.3) is 0 Å². The summed E-state index contributed by atoms with van der Waals surface area (Å²) in [5.74, 6) is 0.780. The zero-order valence-corrected chi connectivity index (χ0v) is 12.6. The molecule has 0 aliphatic rings. The van der Waals surface area contributed by atoms with E-state index in [1.54, 1.807) is 30.0 Å². The van der Waals surface area contributed by atoms with Gasteiger partial charge >= 0.3 is 0 Å². The number of phenolic OH excluding ortho intramolecular Hbond substituents is 1. The summed E-state index contributed by atoms with van der Waals surface area (Å²) in [7, 11) is 0. The summed E-state index contributed by atoms with van der Waals surface area (Å²) in [4.78, 5) is 13.2. The van der Waals surface area contributed by atoms with Gasteiger partial charge < -0.3 is 16.2 Å². The summed E-state index contributed by atoms with van der Waals surface area (Å²) < 4.78 is 0. The van der Waals surface area contributed by atoms with E-state index in [-0.39, 0.29) is 11.7 Å². The Balaban J connectivity index is 2.16. The second-order valence-corrected chi connectivity index (χ2v) is 5.77. The fraction of sp³-hybridized carbons (Fsp3) is 0.188. The Morgan fingerprint density at radius 2 is 2.10 bits per heavy atom. The number of rotatable bonds is 5. The fourth-order valence-corrected chi connectivity index (χ4v) is 2.60. The standard InChI is InChI=1S/C16H18N2O2S/c1-2-8-21-13-6-7-14(17)15(10-13)18-16(20)11-4-3-5-12(19)9-11/h3-7,9-10,19H,2,8,17H2,1H3,(H,18,20). The lowest BCUT2D eigenvalue weighted by atomic mass is 10.2. The van der Waals surface area contributed by atoms with Gasteiger partial charge in [-0.3, -0.25) is 4.79 Å². The molecule has 5 heteroatoms. The van der Waals surface area contributed by atoms with Crippen molar-refractivity contribution in [3.63, 3.8) is 0 Å². The highest BCUT2D eigenvalue weighted by molar-refractivity contribution is 7.99. The number of hydrogen-bond donors (Lipinski definition) is 3. The van der Waals surface area contributed by atoms with E-state index >= 15 is 0 Å². The second kappa shape index (κ2) is 7.04. The van der Waals surface area contributed by atoms with Crippen LogP contribution in [-0.4, -0.2) is 16.8 Å². The van der Waals surface area contributed by atoms with Crippen molar-refractivity contribution in [2.45, 2.75) is 18.2 Å². The molecule has 4 nitrogen and oxygen atoms in total. The lowest BCUT2D eigenvalue weighted by Gasteiger charge is -2.10. The summed E-state index contributed by atoms with van der Waals surface area (Å²) >= 11 is 1.72. The van der Waals surface area contributed by atoms with E-state index in [1.807, 2.05) is 12.1 Å². The Bertz CT molecular complexity index is 644. The van der Waals surface area contributed by atoms with Gasteiger partial charge in [0.2, 0.25) is 0 Å². The Morgan fingerprint density at radius 3 is 2.81 bits per heavy atom. The molecular weight excluding hydrogens is 284 g/mol.